The van der Waals surface area contributed by atoms with Crippen LogP contribution in [-0.4, -0.2) is 17.4 Å². The molecule has 2 N–H and O–H groups in total. The van der Waals surface area contributed by atoms with Gasteiger partial charge >= 0.3 is 0 Å². The van der Waals surface area contributed by atoms with E-state index in [4.69, 9.17) is 0 Å². The molecular formula is C16H15NO2. The number of anilines is 1. The Kier molecular flexibility index (Phi) is 2.95. The van der Waals surface area contributed by atoms with Crippen molar-refractivity contribution in [2.45, 2.75) is 12.8 Å². The molecule has 2 aromatic rings. The van der Waals surface area contributed by atoms with Crippen LogP contribution in [0.25, 0.3) is 0 Å². The van der Waals surface area contributed by atoms with Gasteiger partial charge in [-0.05, 0) is 47.9 Å². The Morgan fingerprint density at radius 3 is 2.74 bits per heavy atom. The van der Waals surface area contributed by atoms with Crippen molar-refractivity contribution in [3.05, 3.63) is 59.2 Å². The first-order valence-corrected chi connectivity index (χ1v) is 6.40. The Bertz CT molecular complexity index is 617. The van der Waals surface area contributed by atoms with Gasteiger partial charge in [0.25, 0.3) is 0 Å². The second kappa shape index (κ2) is 4.76. The Hall–Kier alpha value is -2.29. The predicted octanol–water partition coefficient (Wildman–Crippen LogP) is 2.79. The molecule has 96 valence electrons. The number of phenols is 1. The normalized spacial score (nSPS) is 12.8. The van der Waals surface area contributed by atoms with E-state index in [1.807, 2.05) is 18.2 Å². The zero-order valence-corrected chi connectivity index (χ0v) is 10.5. The SMILES string of the molecule is O=C(Cc1ccc(O)cc1)c1ccc2c(c1)CCN2. The average Bonchev–Trinajstić information content (AvgIpc) is 2.88. The highest BCUT2D eigenvalue weighted by molar-refractivity contribution is 5.98. The molecule has 0 atom stereocenters. The minimum Gasteiger partial charge on any atom is -0.508 e. The second-order valence-electron chi connectivity index (χ2n) is 4.82. The van der Waals surface area contributed by atoms with Crippen LogP contribution in [-0.2, 0) is 12.8 Å². The lowest BCUT2D eigenvalue weighted by Crippen LogP contribution is -2.03. The second-order valence-corrected chi connectivity index (χ2v) is 4.82. The average molecular weight is 253 g/mol. The molecule has 0 radical (unpaired) electrons. The van der Waals surface area contributed by atoms with Crippen LogP contribution >= 0.6 is 0 Å². The summed E-state index contributed by atoms with van der Waals surface area (Å²) in [6.07, 6.45) is 1.35. The molecule has 0 bridgehead atoms. The van der Waals surface area contributed by atoms with Gasteiger partial charge in [0.15, 0.2) is 5.78 Å². The lowest BCUT2D eigenvalue weighted by atomic mass is 10.0. The minimum atomic E-state index is 0.111. The molecule has 3 nitrogen and oxygen atoms in total. The van der Waals surface area contributed by atoms with Crippen LogP contribution in [0.4, 0.5) is 5.69 Å². The highest BCUT2D eigenvalue weighted by atomic mass is 16.3. The van der Waals surface area contributed by atoms with Crippen LogP contribution in [0.2, 0.25) is 0 Å². The molecule has 0 aromatic heterocycles. The summed E-state index contributed by atoms with van der Waals surface area (Å²) in [6, 6.07) is 12.6. The van der Waals surface area contributed by atoms with Crippen molar-refractivity contribution in [1.82, 2.24) is 0 Å². The summed E-state index contributed by atoms with van der Waals surface area (Å²) in [7, 11) is 0. The highest BCUT2D eigenvalue weighted by Gasteiger charge is 2.13. The van der Waals surface area contributed by atoms with Crippen molar-refractivity contribution < 1.29 is 9.90 Å². The lowest BCUT2D eigenvalue weighted by molar-refractivity contribution is 0.0993. The molecule has 1 aliphatic rings. The van der Waals surface area contributed by atoms with E-state index in [-0.39, 0.29) is 11.5 Å². The number of Topliss-reactive ketones (excluding diaryl/α,β-unsaturated/α-hetero) is 1. The van der Waals surface area contributed by atoms with Crippen molar-refractivity contribution in [2.24, 2.45) is 0 Å². The van der Waals surface area contributed by atoms with Gasteiger partial charge in [-0.25, -0.2) is 0 Å². The lowest BCUT2D eigenvalue weighted by Gasteiger charge is -2.05. The number of hydrogen-bond acceptors (Lipinski definition) is 3. The van der Waals surface area contributed by atoms with Crippen LogP contribution in [0.5, 0.6) is 5.75 Å². The summed E-state index contributed by atoms with van der Waals surface area (Å²) in [5, 5.41) is 12.5. The molecule has 1 aliphatic heterocycles. The summed E-state index contributed by atoms with van der Waals surface area (Å²) in [4.78, 5) is 12.2. The number of hydrogen-bond donors (Lipinski definition) is 2. The van der Waals surface area contributed by atoms with Gasteiger partial charge in [0.1, 0.15) is 5.75 Å². The first kappa shape index (κ1) is 11.8. The molecule has 0 fully saturated rings. The molecule has 0 saturated carbocycles. The van der Waals surface area contributed by atoms with Crippen LogP contribution in [0.15, 0.2) is 42.5 Å². The predicted molar refractivity (Wildman–Crippen MR) is 74.8 cm³/mol. The van der Waals surface area contributed by atoms with Gasteiger partial charge in [0, 0.05) is 24.2 Å². The standard InChI is InChI=1S/C16H15NO2/c18-14-4-1-11(2-5-14)9-16(19)13-3-6-15-12(10-13)7-8-17-15/h1-6,10,17-18H,7-9H2. The summed E-state index contributed by atoms with van der Waals surface area (Å²) >= 11 is 0. The summed E-state index contributed by atoms with van der Waals surface area (Å²) in [5.41, 5.74) is 4.04. The molecule has 3 heteroatoms. The number of ketones is 1. The maximum absolute atomic E-state index is 12.2. The zero-order valence-electron chi connectivity index (χ0n) is 10.5. The van der Waals surface area contributed by atoms with Crippen LogP contribution in [0, 0.1) is 0 Å². The molecule has 1 heterocycles. The largest absolute Gasteiger partial charge is 0.508 e. The van der Waals surface area contributed by atoms with E-state index >= 15 is 0 Å². The van der Waals surface area contributed by atoms with Crippen LogP contribution < -0.4 is 5.32 Å². The third-order valence-electron chi connectivity index (χ3n) is 3.44. The van der Waals surface area contributed by atoms with Crippen LogP contribution in [0.1, 0.15) is 21.5 Å². The molecule has 0 spiro atoms. The number of benzene rings is 2. The topological polar surface area (TPSA) is 49.3 Å². The van der Waals surface area contributed by atoms with E-state index in [1.54, 1.807) is 24.3 Å². The van der Waals surface area contributed by atoms with Crippen molar-refractivity contribution in [3.8, 4) is 5.75 Å². The number of rotatable bonds is 3. The Labute approximate surface area is 111 Å². The monoisotopic (exact) mass is 253 g/mol. The van der Waals surface area contributed by atoms with E-state index in [9.17, 15) is 9.90 Å². The molecule has 0 unspecified atom stereocenters. The van der Waals surface area contributed by atoms with Crippen molar-refractivity contribution in [1.29, 1.82) is 0 Å². The number of phenolic OH excluding ortho intramolecular Hbond substituents is 1. The molecule has 0 amide bonds. The fraction of sp³-hybridized carbons (Fsp3) is 0.188. The fourth-order valence-electron chi connectivity index (χ4n) is 2.38. The van der Waals surface area contributed by atoms with Crippen molar-refractivity contribution in [3.63, 3.8) is 0 Å². The van der Waals surface area contributed by atoms with E-state index < -0.39 is 0 Å². The molecular weight excluding hydrogens is 238 g/mol. The number of nitrogens with one attached hydrogen (secondary N) is 1. The molecule has 0 saturated heterocycles. The van der Waals surface area contributed by atoms with E-state index in [2.05, 4.69) is 5.32 Å². The molecule has 3 rings (SSSR count). The number of carbonyl (C=O) groups is 1. The van der Waals surface area contributed by atoms with Crippen molar-refractivity contribution in [2.75, 3.05) is 11.9 Å². The quantitative estimate of drug-likeness (QED) is 0.827. The maximum Gasteiger partial charge on any atom is 0.167 e. The first-order valence-electron chi connectivity index (χ1n) is 6.40. The highest BCUT2D eigenvalue weighted by Crippen LogP contribution is 2.23. The zero-order chi connectivity index (χ0) is 13.2. The smallest absolute Gasteiger partial charge is 0.167 e. The third-order valence-corrected chi connectivity index (χ3v) is 3.44. The number of fused-ring (bicyclic) bond motifs is 1. The fourth-order valence-corrected chi connectivity index (χ4v) is 2.38. The Balaban J connectivity index is 1.78. The van der Waals surface area contributed by atoms with E-state index in [0.29, 0.717) is 6.42 Å². The van der Waals surface area contributed by atoms with Gasteiger partial charge in [-0.15, -0.1) is 0 Å². The van der Waals surface area contributed by atoms with Gasteiger partial charge in [-0.3, -0.25) is 4.79 Å². The van der Waals surface area contributed by atoms with Crippen molar-refractivity contribution >= 4 is 11.5 Å². The number of aromatic hydroxyl groups is 1. The molecule has 2 aromatic carbocycles. The van der Waals surface area contributed by atoms with E-state index in [1.165, 1.54) is 5.56 Å². The number of carbonyl (C=O) groups excluding carboxylic acids is 1. The summed E-state index contributed by atoms with van der Waals surface area (Å²) in [6.45, 7) is 0.949. The van der Waals surface area contributed by atoms with Gasteiger partial charge in [-0.1, -0.05) is 12.1 Å². The minimum absolute atomic E-state index is 0.111. The van der Waals surface area contributed by atoms with Gasteiger partial charge < -0.3 is 10.4 Å². The van der Waals surface area contributed by atoms with Gasteiger partial charge in [0.2, 0.25) is 0 Å². The van der Waals surface area contributed by atoms with Gasteiger partial charge in [0.05, 0.1) is 0 Å². The molecule has 19 heavy (non-hydrogen) atoms. The van der Waals surface area contributed by atoms with E-state index in [0.717, 1.165) is 29.8 Å². The summed E-state index contributed by atoms with van der Waals surface area (Å²) in [5.74, 6) is 0.334. The van der Waals surface area contributed by atoms with Crippen LogP contribution in [0.3, 0.4) is 0 Å². The third kappa shape index (κ3) is 2.45. The Morgan fingerprint density at radius 2 is 1.95 bits per heavy atom. The molecule has 0 aliphatic carbocycles. The first-order chi connectivity index (χ1) is 9.22. The van der Waals surface area contributed by atoms with Gasteiger partial charge in [-0.2, -0.15) is 0 Å². The maximum atomic E-state index is 12.2. The Morgan fingerprint density at radius 1 is 1.16 bits per heavy atom. The summed E-state index contributed by atoms with van der Waals surface area (Å²) < 4.78 is 0.